The Morgan fingerprint density at radius 2 is 1.95 bits per heavy atom. The predicted molar refractivity (Wildman–Crippen MR) is 69.2 cm³/mol. The molecule has 8 heteroatoms. The van der Waals surface area contributed by atoms with E-state index in [1.54, 1.807) is 6.92 Å². The van der Waals surface area contributed by atoms with Crippen LogP contribution in [0.4, 0.5) is 5.69 Å². The molecule has 1 rings (SSSR count). The lowest BCUT2D eigenvalue weighted by molar-refractivity contribution is -0.136. The topological polar surface area (TPSA) is 104 Å². The summed E-state index contributed by atoms with van der Waals surface area (Å²) < 4.78 is 27.8. The molecule has 104 valence electrons. The summed E-state index contributed by atoms with van der Waals surface area (Å²) in [5.74, 6) is -1.65. The zero-order chi connectivity index (χ0) is 14.8. The Hall–Kier alpha value is -1.60. The van der Waals surface area contributed by atoms with Gasteiger partial charge in [0.1, 0.15) is 17.1 Å². The lowest BCUT2D eigenvalue weighted by Gasteiger charge is -2.08. The van der Waals surface area contributed by atoms with Gasteiger partial charge in [0, 0.05) is 10.7 Å². The van der Waals surface area contributed by atoms with E-state index < -0.39 is 28.3 Å². The van der Waals surface area contributed by atoms with Gasteiger partial charge < -0.3 is 9.92 Å². The zero-order valence-corrected chi connectivity index (χ0v) is 11.8. The monoisotopic (exact) mass is 305 g/mol. The van der Waals surface area contributed by atoms with Crippen molar-refractivity contribution in [1.82, 2.24) is 0 Å². The quantitative estimate of drug-likeness (QED) is 0.513. The third-order valence-corrected chi connectivity index (χ3v) is 3.85. The van der Waals surface area contributed by atoms with Crippen LogP contribution in [0, 0.1) is 6.92 Å². The summed E-state index contributed by atoms with van der Waals surface area (Å²) in [6, 6.07) is 2.27. The van der Waals surface area contributed by atoms with Gasteiger partial charge in [-0.15, -0.1) is 0 Å². The lowest BCUT2D eigenvalue weighted by Crippen LogP contribution is -2.15. The van der Waals surface area contributed by atoms with Crippen LogP contribution in [0.2, 0.25) is 5.02 Å². The average molecular weight is 306 g/mol. The number of hydrogen-bond donors (Lipinski definition) is 1. The van der Waals surface area contributed by atoms with Crippen molar-refractivity contribution in [2.24, 2.45) is 0 Å². The Morgan fingerprint density at radius 3 is 2.42 bits per heavy atom. The zero-order valence-electron chi connectivity index (χ0n) is 10.3. The SMILES string of the molecule is CC(=O)CC(=O)OS(=O)(=O)c1cc(N)c(C)c(Cl)c1. The van der Waals surface area contributed by atoms with Gasteiger partial charge >= 0.3 is 16.1 Å². The number of nitrogen functional groups attached to an aromatic ring is 1. The van der Waals surface area contributed by atoms with Crippen LogP contribution in [0.3, 0.4) is 0 Å². The highest BCUT2D eigenvalue weighted by atomic mass is 35.5. The molecule has 0 unspecified atom stereocenters. The van der Waals surface area contributed by atoms with Crippen LogP contribution >= 0.6 is 11.6 Å². The molecular formula is C11H12ClNO5S. The number of benzene rings is 1. The number of hydrogen-bond acceptors (Lipinski definition) is 6. The van der Waals surface area contributed by atoms with Crippen LogP contribution in [0.15, 0.2) is 17.0 Å². The van der Waals surface area contributed by atoms with E-state index in [0.29, 0.717) is 5.56 Å². The fourth-order valence-electron chi connectivity index (χ4n) is 1.22. The molecule has 0 fully saturated rings. The summed E-state index contributed by atoms with van der Waals surface area (Å²) in [6.45, 7) is 2.77. The van der Waals surface area contributed by atoms with Gasteiger partial charge in [-0.05, 0) is 31.5 Å². The number of carbonyl (C=O) groups excluding carboxylic acids is 2. The molecule has 0 spiro atoms. The molecule has 0 aliphatic carbocycles. The van der Waals surface area contributed by atoms with E-state index in [1.807, 2.05) is 0 Å². The van der Waals surface area contributed by atoms with Gasteiger partial charge in [-0.3, -0.25) is 9.59 Å². The fraction of sp³-hybridized carbons (Fsp3) is 0.273. The molecular weight excluding hydrogens is 294 g/mol. The Bertz CT molecular complexity index is 615. The molecule has 0 saturated heterocycles. The minimum absolute atomic E-state index is 0.140. The van der Waals surface area contributed by atoms with Crippen LogP contribution in [0.5, 0.6) is 0 Å². The van der Waals surface area contributed by atoms with E-state index in [4.69, 9.17) is 17.3 Å². The Labute approximate surface area is 115 Å². The van der Waals surface area contributed by atoms with E-state index in [9.17, 15) is 18.0 Å². The summed E-state index contributed by atoms with van der Waals surface area (Å²) in [4.78, 5) is 21.5. The first-order chi connectivity index (χ1) is 8.63. The van der Waals surface area contributed by atoms with Crippen LogP contribution in [0.1, 0.15) is 18.9 Å². The highest BCUT2D eigenvalue weighted by Gasteiger charge is 2.22. The Balaban J connectivity index is 3.08. The van der Waals surface area contributed by atoms with Crippen molar-refractivity contribution in [2.45, 2.75) is 25.2 Å². The minimum atomic E-state index is -4.33. The summed E-state index contributed by atoms with van der Waals surface area (Å²) in [5.41, 5.74) is 6.27. The van der Waals surface area contributed by atoms with Crippen LogP contribution in [0.25, 0.3) is 0 Å². The van der Waals surface area contributed by atoms with Gasteiger partial charge in [-0.25, -0.2) is 0 Å². The van der Waals surface area contributed by atoms with E-state index in [2.05, 4.69) is 4.18 Å². The molecule has 0 radical (unpaired) electrons. The smallest absolute Gasteiger partial charge is 0.341 e. The molecule has 0 aliphatic heterocycles. The summed E-state index contributed by atoms with van der Waals surface area (Å²) in [6.07, 6.45) is -0.617. The van der Waals surface area contributed by atoms with Crippen molar-refractivity contribution in [3.63, 3.8) is 0 Å². The highest BCUT2D eigenvalue weighted by Crippen LogP contribution is 2.27. The average Bonchev–Trinajstić information content (AvgIpc) is 2.22. The van der Waals surface area contributed by atoms with Crippen molar-refractivity contribution in [3.8, 4) is 0 Å². The second kappa shape index (κ2) is 5.58. The summed E-state index contributed by atoms with van der Waals surface area (Å²) >= 11 is 5.81. The standard InChI is InChI=1S/C11H12ClNO5S/c1-6(14)3-11(15)18-19(16,17)8-4-9(12)7(2)10(13)5-8/h4-5H,3,13H2,1-2H3. The van der Waals surface area contributed by atoms with E-state index in [1.165, 1.54) is 0 Å². The van der Waals surface area contributed by atoms with Crippen molar-refractivity contribution in [2.75, 3.05) is 5.73 Å². The lowest BCUT2D eigenvalue weighted by atomic mass is 10.2. The number of carbonyl (C=O) groups is 2. The molecule has 0 bridgehead atoms. The maximum absolute atomic E-state index is 11.8. The molecule has 0 saturated carbocycles. The Kier molecular flexibility index (Phi) is 4.54. The molecule has 19 heavy (non-hydrogen) atoms. The van der Waals surface area contributed by atoms with E-state index in [0.717, 1.165) is 19.1 Å². The number of ketones is 1. The predicted octanol–water partition coefficient (Wildman–Crippen LogP) is 1.44. The van der Waals surface area contributed by atoms with Gasteiger partial charge in [0.05, 0.1) is 0 Å². The van der Waals surface area contributed by atoms with Gasteiger partial charge in [0.25, 0.3) is 0 Å². The third kappa shape index (κ3) is 3.93. The first kappa shape index (κ1) is 15.5. The summed E-state index contributed by atoms with van der Waals surface area (Å²) in [7, 11) is -4.33. The summed E-state index contributed by atoms with van der Waals surface area (Å²) in [5, 5.41) is 0.140. The molecule has 0 aromatic heterocycles. The maximum atomic E-state index is 11.8. The van der Waals surface area contributed by atoms with Gasteiger partial charge in [0.2, 0.25) is 0 Å². The molecule has 1 aromatic rings. The molecule has 0 amide bonds. The van der Waals surface area contributed by atoms with Crippen molar-refractivity contribution < 1.29 is 22.2 Å². The first-order valence-electron chi connectivity index (χ1n) is 5.16. The minimum Gasteiger partial charge on any atom is -0.398 e. The fourth-order valence-corrected chi connectivity index (χ4v) is 2.45. The molecule has 0 aliphatic rings. The first-order valence-corrected chi connectivity index (χ1v) is 6.94. The van der Waals surface area contributed by atoms with E-state index >= 15 is 0 Å². The molecule has 0 heterocycles. The van der Waals surface area contributed by atoms with Crippen molar-refractivity contribution in [3.05, 3.63) is 22.7 Å². The van der Waals surface area contributed by atoms with Crippen molar-refractivity contribution in [1.29, 1.82) is 0 Å². The second-order valence-electron chi connectivity index (χ2n) is 3.91. The van der Waals surface area contributed by atoms with Gasteiger partial charge in [-0.2, -0.15) is 8.42 Å². The molecule has 1 aromatic carbocycles. The molecule has 6 nitrogen and oxygen atoms in total. The van der Waals surface area contributed by atoms with E-state index in [-0.39, 0.29) is 15.6 Å². The van der Waals surface area contributed by atoms with Crippen LogP contribution in [-0.4, -0.2) is 20.2 Å². The van der Waals surface area contributed by atoms with Crippen molar-refractivity contribution >= 4 is 39.2 Å². The number of rotatable bonds is 4. The van der Waals surface area contributed by atoms with Gasteiger partial charge in [-0.1, -0.05) is 11.6 Å². The number of nitrogens with two attached hydrogens (primary N) is 1. The third-order valence-electron chi connectivity index (χ3n) is 2.24. The number of Topliss-reactive ketones (excluding diaryl/α,β-unsaturated/α-hetero) is 1. The van der Waals surface area contributed by atoms with Gasteiger partial charge in [0.15, 0.2) is 0 Å². The second-order valence-corrected chi connectivity index (χ2v) is 5.86. The molecule has 0 atom stereocenters. The molecule has 2 N–H and O–H groups in total. The van der Waals surface area contributed by atoms with Crippen LogP contribution < -0.4 is 5.73 Å². The maximum Gasteiger partial charge on any atom is 0.341 e. The Morgan fingerprint density at radius 1 is 1.37 bits per heavy atom. The number of halogens is 1. The largest absolute Gasteiger partial charge is 0.398 e. The van der Waals surface area contributed by atoms with Crippen LogP contribution in [-0.2, 0) is 23.9 Å². The number of anilines is 1. The normalized spacial score (nSPS) is 11.1. The highest BCUT2D eigenvalue weighted by molar-refractivity contribution is 7.87.